The molecule has 1 rings (SSSR count). The molecule has 0 bridgehead atoms. The zero-order valence-corrected chi connectivity index (χ0v) is 10.6. The second kappa shape index (κ2) is 5.20. The van der Waals surface area contributed by atoms with E-state index in [1.807, 2.05) is 0 Å². The Hall–Kier alpha value is -0.980. The molecule has 0 atom stereocenters. The van der Waals surface area contributed by atoms with E-state index in [2.05, 4.69) is 39.8 Å². The van der Waals surface area contributed by atoms with E-state index < -0.39 is 0 Å². The lowest BCUT2D eigenvalue weighted by Crippen LogP contribution is -1.99. The minimum Gasteiger partial charge on any atom is -0.496 e. The van der Waals surface area contributed by atoms with E-state index in [-0.39, 0.29) is 0 Å². The Balaban J connectivity index is 3.29. The van der Waals surface area contributed by atoms with E-state index in [0.717, 1.165) is 18.6 Å². The van der Waals surface area contributed by atoms with Crippen LogP contribution in [0.5, 0.6) is 5.75 Å². The first-order valence-electron chi connectivity index (χ1n) is 5.83. The zero-order valence-electron chi connectivity index (χ0n) is 10.6. The van der Waals surface area contributed by atoms with Crippen LogP contribution in [0.25, 0.3) is 0 Å². The molecule has 0 aromatic heterocycles. The van der Waals surface area contributed by atoms with Gasteiger partial charge in [-0.05, 0) is 35.4 Å². The Labute approximate surface area is 93.5 Å². The summed E-state index contributed by atoms with van der Waals surface area (Å²) in [6.07, 6.45) is 2.08. The number of benzene rings is 1. The van der Waals surface area contributed by atoms with Crippen molar-refractivity contribution >= 4 is 0 Å². The van der Waals surface area contributed by atoms with Crippen LogP contribution in [-0.4, -0.2) is 7.11 Å². The molecule has 1 heteroatoms. The summed E-state index contributed by atoms with van der Waals surface area (Å²) in [6.45, 7) is 8.84. The quantitative estimate of drug-likeness (QED) is 0.725. The third-order valence-corrected chi connectivity index (χ3v) is 2.90. The van der Waals surface area contributed by atoms with Crippen molar-refractivity contribution in [2.24, 2.45) is 0 Å². The van der Waals surface area contributed by atoms with Gasteiger partial charge in [-0.1, -0.05) is 39.8 Å². The fraction of sp³-hybridized carbons (Fsp3) is 0.571. The molecule has 84 valence electrons. The van der Waals surface area contributed by atoms with Gasteiger partial charge in [-0.25, -0.2) is 0 Å². The molecule has 15 heavy (non-hydrogen) atoms. The van der Waals surface area contributed by atoms with E-state index in [1.54, 1.807) is 7.11 Å². The molecule has 1 nitrogen and oxygen atoms in total. The molecule has 0 saturated carbocycles. The Morgan fingerprint density at radius 2 is 1.53 bits per heavy atom. The second-order valence-electron chi connectivity index (χ2n) is 4.23. The summed E-state index contributed by atoms with van der Waals surface area (Å²) < 4.78 is 5.49. The molecular weight excluding hydrogens is 184 g/mol. The molecular formula is C14H22O. The van der Waals surface area contributed by atoms with Crippen molar-refractivity contribution in [3.8, 4) is 5.75 Å². The van der Waals surface area contributed by atoms with Gasteiger partial charge in [-0.15, -0.1) is 0 Å². The molecule has 0 aliphatic carbocycles. The number of rotatable bonds is 4. The smallest absolute Gasteiger partial charge is 0.125 e. The van der Waals surface area contributed by atoms with Crippen molar-refractivity contribution in [1.82, 2.24) is 0 Å². The summed E-state index contributed by atoms with van der Waals surface area (Å²) in [6, 6.07) is 4.56. The lowest BCUT2D eigenvalue weighted by molar-refractivity contribution is 0.405. The Morgan fingerprint density at radius 3 is 1.80 bits per heavy atom. The monoisotopic (exact) mass is 206 g/mol. The van der Waals surface area contributed by atoms with Crippen LogP contribution in [0, 0.1) is 0 Å². The Morgan fingerprint density at radius 1 is 1.07 bits per heavy atom. The lowest BCUT2D eigenvalue weighted by atomic mass is 9.95. The highest BCUT2D eigenvalue weighted by atomic mass is 16.5. The van der Waals surface area contributed by atoms with Crippen molar-refractivity contribution in [2.75, 3.05) is 7.11 Å². The zero-order chi connectivity index (χ0) is 11.4. The molecule has 0 amide bonds. The number of hydrogen-bond acceptors (Lipinski definition) is 1. The lowest BCUT2D eigenvalue weighted by Gasteiger charge is -2.16. The molecule has 0 heterocycles. The SMILES string of the molecule is CCc1cc(C(C)C)cc(CC)c1OC. The molecule has 0 N–H and O–H groups in total. The van der Waals surface area contributed by atoms with Crippen LogP contribution in [0.4, 0.5) is 0 Å². The molecule has 0 aliphatic heterocycles. The van der Waals surface area contributed by atoms with Gasteiger partial charge in [0.15, 0.2) is 0 Å². The first-order valence-corrected chi connectivity index (χ1v) is 5.83. The fourth-order valence-corrected chi connectivity index (χ4v) is 1.90. The molecule has 0 spiro atoms. The summed E-state index contributed by atoms with van der Waals surface area (Å²) in [5.41, 5.74) is 4.09. The summed E-state index contributed by atoms with van der Waals surface area (Å²) in [5, 5.41) is 0. The highest BCUT2D eigenvalue weighted by molar-refractivity contribution is 5.45. The predicted molar refractivity (Wildman–Crippen MR) is 65.8 cm³/mol. The van der Waals surface area contributed by atoms with Crippen molar-refractivity contribution < 1.29 is 4.74 Å². The summed E-state index contributed by atoms with van der Waals surface area (Å²) in [4.78, 5) is 0. The van der Waals surface area contributed by atoms with Gasteiger partial charge >= 0.3 is 0 Å². The van der Waals surface area contributed by atoms with Crippen molar-refractivity contribution in [3.05, 3.63) is 28.8 Å². The van der Waals surface area contributed by atoms with Gasteiger partial charge in [0, 0.05) is 0 Å². The minimum atomic E-state index is 0.589. The molecule has 1 aromatic carbocycles. The van der Waals surface area contributed by atoms with Gasteiger partial charge in [0.1, 0.15) is 5.75 Å². The highest BCUT2D eigenvalue weighted by Gasteiger charge is 2.10. The van der Waals surface area contributed by atoms with Crippen molar-refractivity contribution in [2.45, 2.75) is 46.5 Å². The number of aryl methyl sites for hydroxylation is 2. The maximum atomic E-state index is 5.49. The van der Waals surface area contributed by atoms with Crippen LogP contribution < -0.4 is 4.74 Å². The average molecular weight is 206 g/mol. The van der Waals surface area contributed by atoms with Gasteiger partial charge in [-0.3, -0.25) is 0 Å². The van der Waals surface area contributed by atoms with Crippen LogP contribution >= 0.6 is 0 Å². The average Bonchev–Trinajstić information content (AvgIpc) is 2.26. The van der Waals surface area contributed by atoms with Crippen LogP contribution in [0.1, 0.15) is 50.3 Å². The minimum absolute atomic E-state index is 0.589. The summed E-state index contributed by atoms with van der Waals surface area (Å²) in [7, 11) is 1.77. The molecule has 1 aromatic rings. The fourth-order valence-electron chi connectivity index (χ4n) is 1.90. The molecule has 0 radical (unpaired) electrons. The molecule has 0 aliphatic rings. The van der Waals surface area contributed by atoms with E-state index in [0.29, 0.717) is 5.92 Å². The van der Waals surface area contributed by atoms with Crippen LogP contribution in [0.2, 0.25) is 0 Å². The molecule has 0 saturated heterocycles. The third kappa shape index (κ3) is 2.53. The molecule has 0 fully saturated rings. The van der Waals surface area contributed by atoms with Crippen molar-refractivity contribution in [3.63, 3.8) is 0 Å². The maximum absolute atomic E-state index is 5.49. The number of ether oxygens (including phenoxy) is 1. The largest absolute Gasteiger partial charge is 0.496 e. The summed E-state index contributed by atoms with van der Waals surface area (Å²) >= 11 is 0. The maximum Gasteiger partial charge on any atom is 0.125 e. The van der Waals surface area contributed by atoms with E-state index >= 15 is 0 Å². The van der Waals surface area contributed by atoms with Gasteiger partial charge in [-0.2, -0.15) is 0 Å². The van der Waals surface area contributed by atoms with Gasteiger partial charge in [0.25, 0.3) is 0 Å². The van der Waals surface area contributed by atoms with E-state index in [9.17, 15) is 0 Å². The van der Waals surface area contributed by atoms with E-state index in [4.69, 9.17) is 4.74 Å². The van der Waals surface area contributed by atoms with Gasteiger partial charge < -0.3 is 4.74 Å². The first-order chi connectivity index (χ1) is 7.13. The van der Waals surface area contributed by atoms with Crippen molar-refractivity contribution in [1.29, 1.82) is 0 Å². The Bertz CT molecular complexity index is 301. The number of methoxy groups -OCH3 is 1. The normalized spacial score (nSPS) is 10.8. The predicted octanol–water partition coefficient (Wildman–Crippen LogP) is 3.94. The van der Waals surface area contributed by atoms with Gasteiger partial charge in [0.05, 0.1) is 7.11 Å². The van der Waals surface area contributed by atoms with Gasteiger partial charge in [0.2, 0.25) is 0 Å². The number of hydrogen-bond donors (Lipinski definition) is 0. The Kier molecular flexibility index (Phi) is 4.19. The van der Waals surface area contributed by atoms with Crippen LogP contribution in [0.15, 0.2) is 12.1 Å². The first kappa shape index (κ1) is 12.1. The molecule has 0 unspecified atom stereocenters. The topological polar surface area (TPSA) is 9.23 Å². The standard InChI is InChI=1S/C14H22O/c1-6-11-8-13(10(3)4)9-12(7-2)14(11)15-5/h8-10H,6-7H2,1-5H3. The summed E-state index contributed by atoms with van der Waals surface area (Å²) in [5.74, 6) is 1.68. The van der Waals surface area contributed by atoms with Crippen LogP contribution in [-0.2, 0) is 12.8 Å². The second-order valence-corrected chi connectivity index (χ2v) is 4.23. The van der Waals surface area contributed by atoms with E-state index in [1.165, 1.54) is 16.7 Å². The van der Waals surface area contributed by atoms with Crippen LogP contribution in [0.3, 0.4) is 0 Å². The third-order valence-electron chi connectivity index (χ3n) is 2.90. The highest BCUT2D eigenvalue weighted by Crippen LogP contribution is 2.29.